The zero-order valence-electron chi connectivity index (χ0n) is 17.7. The zero-order valence-corrected chi connectivity index (χ0v) is 19.3. The summed E-state index contributed by atoms with van der Waals surface area (Å²) < 4.78 is 46.7. The summed E-state index contributed by atoms with van der Waals surface area (Å²) in [6, 6.07) is 13.6. The number of ether oxygens (including phenoxy) is 1. The van der Waals surface area contributed by atoms with Crippen molar-refractivity contribution < 1.29 is 27.1 Å². The smallest absolute Gasteiger partial charge is 0.253 e. The molecule has 1 aliphatic heterocycles. The first-order chi connectivity index (χ1) is 15.8. The van der Waals surface area contributed by atoms with Crippen molar-refractivity contribution in [3.05, 3.63) is 77.4 Å². The molecule has 0 aliphatic carbocycles. The number of hydrogen-bond acceptors (Lipinski definition) is 6. The average molecular weight is 489 g/mol. The molecular formula is C23H21FN2O5S2. The molecule has 1 saturated heterocycles. The van der Waals surface area contributed by atoms with E-state index in [0.29, 0.717) is 23.6 Å². The lowest BCUT2D eigenvalue weighted by atomic mass is 10.2. The standard InChI is InChI=1S/C23H21FN2O5S2/c1-2-31-19-11-9-18(10-12-19)26-21(27)14-20(23(26)28)25(15-16-5-7-17(24)8-6-16)33(29,30)22-4-3-13-32-22/h3-13,20H,2,14-15H2,1H3. The van der Waals surface area contributed by atoms with Crippen LogP contribution in [-0.2, 0) is 26.2 Å². The lowest BCUT2D eigenvalue weighted by molar-refractivity contribution is -0.122. The number of benzene rings is 2. The summed E-state index contributed by atoms with van der Waals surface area (Å²) in [6.07, 6.45) is -0.294. The van der Waals surface area contributed by atoms with Crippen LogP contribution in [0.2, 0.25) is 0 Å². The van der Waals surface area contributed by atoms with Gasteiger partial charge < -0.3 is 4.74 Å². The van der Waals surface area contributed by atoms with Gasteiger partial charge in [-0.3, -0.25) is 9.59 Å². The maximum Gasteiger partial charge on any atom is 0.253 e. The first-order valence-corrected chi connectivity index (χ1v) is 12.5. The number of amides is 2. The molecule has 0 bridgehead atoms. The molecule has 10 heteroatoms. The van der Waals surface area contributed by atoms with Gasteiger partial charge in [-0.05, 0) is 60.3 Å². The van der Waals surface area contributed by atoms with Crippen LogP contribution in [0.25, 0.3) is 0 Å². The molecule has 2 heterocycles. The summed E-state index contributed by atoms with van der Waals surface area (Å²) in [5, 5.41) is 1.62. The molecule has 4 rings (SSSR count). The minimum atomic E-state index is -4.09. The number of anilines is 1. The molecule has 2 aromatic carbocycles. The van der Waals surface area contributed by atoms with Gasteiger partial charge in [-0.25, -0.2) is 17.7 Å². The van der Waals surface area contributed by atoms with Gasteiger partial charge in [0, 0.05) is 6.54 Å². The molecule has 1 atom stereocenters. The second kappa shape index (κ2) is 9.42. The van der Waals surface area contributed by atoms with Crippen molar-refractivity contribution in [2.24, 2.45) is 0 Å². The van der Waals surface area contributed by atoms with Crippen molar-refractivity contribution in [3.63, 3.8) is 0 Å². The Morgan fingerprint density at radius 2 is 1.79 bits per heavy atom. The first kappa shape index (κ1) is 23.1. The topological polar surface area (TPSA) is 84.0 Å². The van der Waals surface area contributed by atoms with Crippen molar-refractivity contribution in [1.82, 2.24) is 4.31 Å². The summed E-state index contributed by atoms with van der Waals surface area (Å²) in [6.45, 7) is 2.14. The molecule has 0 radical (unpaired) electrons. The second-order valence-electron chi connectivity index (χ2n) is 7.32. The lowest BCUT2D eigenvalue weighted by Crippen LogP contribution is -2.44. The van der Waals surface area contributed by atoms with Gasteiger partial charge in [0.05, 0.1) is 18.7 Å². The molecule has 1 aliphatic rings. The van der Waals surface area contributed by atoms with E-state index in [1.807, 2.05) is 6.92 Å². The van der Waals surface area contributed by atoms with Gasteiger partial charge in [0.1, 0.15) is 21.8 Å². The Balaban J connectivity index is 1.68. The monoisotopic (exact) mass is 488 g/mol. The quantitative estimate of drug-likeness (QED) is 0.450. The van der Waals surface area contributed by atoms with Gasteiger partial charge in [-0.2, -0.15) is 4.31 Å². The van der Waals surface area contributed by atoms with E-state index in [9.17, 15) is 22.4 Å². The number of halogens is 1. The van der Waals surface area contributed by atoms with Crippen LogP contribution in [0.1, 0.15) is 18.9 Å². The van der Waals surface area contributed by atoms with Gasteiger partial charge in [-0.15, -0.1) is 11.3 Å². The molecule has 0 saturated carbocycles. The van der Waals surface area contributed by atoms with Gasteiger partial charge in [0.25, 0.3) is 15.9 Å². The van der Waals surface area contributed by atoms with Gasteiger partial charge in [-0.1, -0.05) is 18.2 Å². The van der Waals surface area contributed by atoms with Crippen LogP contribution in [0, 0.1) is 5.82 Å². The van der Waals surface area contributed by atoms with Crippen LogP contribution in [0.15, 0.2) is 70.3 Å². The minimum Gasteiger partial charge on any atom is -0.494 e. The number of rotatable bonds is 8. The van der Waals surface area contributed by atoms with Crippen LogP contribution >= 0.6 is 11.3 Å². The molecule has 7 nitrogen and oxygen atoms in total. The highest BCUT2D eigenvalue weighted by Gasteiger charge is 2.47. The van der Waals surface area contributed by atoms with E-state index in [1.54, 1.807) is 35.7 Å². The maximum absolute atomic E-state index is 13.4. The number of carbonyl (C=O) groups excluding carboxylic acids is 2. The number of sulfonamides is 1. The first-order valence-electron chi connectivity index (χ1n) is 10.2. The summed E-state index contributed by atoms with van der Waals surface area (Å²) in [7, 11) is -4.09. The second-order valence-corrected chi connectivity index (χ2v) is 10.4. The maximum atomic E-state index is 13.4. The van der Waals surface area contributed by atoms with Crippen molar-refractivity contribution >= 4 is 38.9 Å². The Morgan fingerprint density at radius 1 is 1.09 bits per heavy atom. The summed E-state index contributed by atoms with van der Waals surface area (Å²) in [5.41, 5.74) is 0.836. The predicted molar refractivity (Wildman–Crippen MR) is 122 cm³/mol. The number of nitrogens with zero attached hydrogens (tertiary/aromatic N) is 2. The molecule has 33 heavy (non-hydrogen) atoms. The molecule has 3 aromatic rings. The number of thiophene rings is 1. The third-order valence-electron chi connectivity index (χ3n) is 5.19. The fraction of sp³-hybridized carbons (Fsp3) is 0.217. The molecule has 0 spiro atoms. The van der Waals surface area contributed by atoms with E-state index in [2.05, 4.69) is 0 Å². The molecule has 172 valence electrons. The number of carbonyl (C=O) groups is 2. The van der Waals surface area contributed by atoms with Crippen molar-refractivity contribution in [2.45, 2.75) is 30.1 Å². The van der Waals surface area contributed by atoms with Crippen molar-refractivity contribution in [2.75, 3.05) is 11.5 Å². The van der Waals surface area contributed by atoms with E-state index < -0.39 is 33.7 Å². The number of hydrogen-bond donors (Lipinski definition) is 0. The van der Waals surface area contributed by atoms with Gasteiger partial charge in [0.15, 0.2) is 0 Å². The Bertz CT molecular complexity index is 1240. The highest BCUT2D eigenvalue weighted by atomic mass is 32.2. The van der Waals surface area contributed by atoms with E-state index in [-0.39, 0.29) is 17.2 Å². The summed E-state index contributed by atoms with van der Waals surface area (Å²) in [5.74, 6) is -0.999. The number of imide groups is 1. The minimum absolute atomic E-state index is 0.0596. The SMILES string of the molecule is CCOc1ccc(N2C(=O)CC(N(Cc3ccc(F)cc3)S(=O)(=O)c3cccs3)C2=O)cc1. The van der Waals surface area contributed by atoms with E-state index >= 15 is 0 Å². The Labute approximate surface area is 195 Å². The van der Waals surface area contributed by atoms with Crippen molar-refractivity contribution in [1.29, 1.82) is 0 Å². The van der Waals surface area contributed by atoms with E-state index in [4.69, 9.17) is 4.74 Å². The average Bonchev–Trinajstić information content (AvgIpc) is 3.43. The Kier molecular flexibility index (Phi) is 6.59. The highest BCUT2D eigenvalue weighted by Crippen LogP contribution is 2.32. The van der Waals surface area contributed by atoms with Crippen LogP contribution in [0.3, 0.4) is 0 Å². The zero-order chi connectivity index (χ0) is 23.6. The van der Waals surface area contributed by atoms with Crippen LogP contribution in [0.5, 0.6) is 5.75 Å². The summed E-state index contributed by atoms with van der Waals surface area (Å²) in [4.78, 5) is 27.2. The predicted octanol–water partition coefficient (Wildman–Crippen LogP) is 3.81. The molecule has 2 amide bonds. The van der Waals surface area contributed by atoms with E-state index in [0.717, 1.165) is 20.5 Å². The third kappa shape index (κ3) is 4.68. The van der Waals surface area contributed by atoms with Crippen LogP contribution < -0.4 is 9.64 Å². The Hall–Kier alpha value is -3.08. The molecule has 1 unspecified atom stereocenters. The van der Waals surface area contributed by atoms with Crippen LogP contribution in [-0.4, -0.2) is 37.2 Å². The van der Waals surface area contributed by atoms with Gasteiger partial charge >= 0.3 is 0 Å². The van der Waals surface area contributed by atoms with Crippen molar-refractivity contribution in [3.8, 4) is 5.75 Å². The third-order valence-corrected chi connectivity index (χ3v) is 8.41. The van der Waals surface area contributed by atoms with Gasteiger partial charge in [0.2, 0.25) is 5.91 Å². The molecule has 0 N–H and O–H groups in total. The molecular weight excluding hydrogens is 467 g/mol. The largest absolute Gasteiger partial charge is 0.494 e. The lowest BCUT2D eigenvalue weighted by Gasteiger charge is -2.26. The fourth-order valence-corrected chi connectivity index (χ4v) is 6.32. The summed E-state index contributed by atoms with van der Waals surface area (Å²) >= 11 is 1.02. The highest BCUT2D eigenvalue weighted by molar-refractivity contribution is 7.91. The van der Waals surface area contributed by atoms with E-state index in [1.165, 1.54) is 30.3 Å². The molecule has 1 fully saturated rings. The Morgan fingerprint density at radius 3 is 2.39 bits per heavy atom. The van der Waals surface area contributed by atoms with Crippen LogP contribution in [0.4, 0.5) is 10.1 Å². The normalized spacial score (nSPS) is 16.6. The fourth-order valence-electron chi connectivity index (χ4n) is 3.63. The molecule has 1 aromatic heterocycles.